The van der Waals surface area contributed by atoms with Crippen LogP contribution in [0.3, 0.4) is 0 Å². The van der Waals surface area contributed by atoms with E-state index < -0.39 is 0 Å². The first kappa shape index (κ1) is 10.2. The molecule has 15 heavy (non-hydrogen) atoms. The predicted octanol–water partition coefficient (Wildman–Crippen LogP) is 1.77. The van der Waals surface area contributed by atoms with Gasteiger partial charge in [-0.25, -0.2) is 4.98 Å². The molecule has 0 aliphatic carbocycles. The van der Waals surface area contributed by atoms with Crippen molar-refractivity contribution >= 4 is 11.6 Å². The number of pyridine rings is 1. The molecule has 1 aromatic heterocycles. The minimum absolute atomic E-state index is 0.0102. The molecule has 1 unspecified atom stereocenters. The van der Waals surface area contributed by atoms with Gasteiger partial charge in [0.2, 0.25) is 5.88 Å². The normalized spacial score (nSPS) is 19.9. The summed E-state index contributed by atoms with van der Waals surface area (Å²) in [5.74, 6) is 0.311. The highest BCUT2D eigenvalue weighted by Crippen LogP contribution is 2.26. The summed E-state index contributed by atoms with van der Waals surface area (Å²) in [4.78, 5) is 3.99. The fourth-order valence-electron chi connectivity index (χ4n) is 1.36. The topological polar surface area (TPSA) is 55.1 Å². The van der Waals surface area contributed by atoms with E-state index in [0.29, 0.717) is 24.7 Å². The van der Waals surface area contributed by atoms with Gasteiger partial charge in [-0.1, -0.05) is 11.6 Å². The van der Waals surface area contributed by atoms with E-state index in [1.54, 1.807) is 6.07 Å². The molecule has 1 aromatic rings. The predicted molar refractivity (Wildman–Crippen MR) is 53.8 cm³/mol. The summed E-state index contributed by atoms with van der Waals surface area (Å²) in [7, 11) is 0. The third-order valence-corrected chi connectivity index (χ3v) is 2.51. The van der Waals surface area contributed by atoms with Crippen molar-refractivity contribution < 1.29 is 9.47 Å². The molecule has 1 aliphatic rings. The Morgan fingerprint density at radius 3 is 3.20 bits per heavy atom. The van der Waals surface area contributed by atoms with Gasteiger partial charge in [-0.3, -0.25) is 0 Å². The van der Waals surface area contributed by atoms with Gasteiger partial charge in [-0.2, -0.15) is 5.26 Å². The minimum atomic E-state index is -0.0102. The molecule has 1 saturated heterocycles. The Morgan fingerprint density at radius 1 is 1.67 bits per heavy atom. The summed E-state index contributed by atoms with van der Waals surface area (Å²) in [5.41, 5.74) is 0.376. The second-order valence-corrected chi connectivity index (χ2v) is 3.57. The SMILES string of the molecule is N#Cc1ccnc(OC2CCOC2)c1Cl. The zero-order valence-corrected chi connectivity index (χ0v) is 8.70. The van der Waals surface area contributed by atoms with Gasteiger partial charge in [0.25, 0.3) is 0 Å². The van der Waals surface area contributed by atoms with Crippen molar-refractivity contribution in [2.75, 3.05) is 13.2 Å². The maximum Gasteiger partial charge on any atom is 0.234 e. The second-order valence-electron chi connectivity index (χ2n) is 3.19. The number of nitriles is 1. The summed E-state index contributed by atoms with van der Waals surface area (Å²) in [6.07, 6.45) is 2.33. The lowest BCUT2D eigenvalue weighted by Gasteiger charge is -2.11. The van der Waals surface area contributed by atoms with Gasteiger partial charge < -0.3 is 9.47 Å². The number of hydrogen-bond acceptors (Lipinski definition) is 4. The van der Waals surface area contributed by atoms with Crippen molar-refractivity contribution in [3.8, 4) is 11.9 Å². The van der Waals surface area contributed by atoms with E-state index in [1.807, 2.05) is 6.07 Å². The minimum Gasteiger partial charge on any atom is -0.471 e. The average Bonchev–Trinajstić information content (AvgIpc) is 2.74. The summed E-state index contributed by atoms with van der Waals surface area (Å²) >= 11 is 5.94. The van der Waals surface area contributed by atoms with Crippen LogP contribution in [0.5, 0.6) is 5.88 Å². The molecule has 2 heterocycles. The van der Waals surface area contributed by atoms with E-state index in [4.69, 9.17) is 26.3 Å². The van der Waals surface area contributed by atoms with Gasteiger partial charge in [-0.05, 0) is 6.07 Å². The number of ether oxygens (including phenoxy) is 2. The van der Waals surface area contributed by atoms with Crippen molar-refractivity contribution in [1.29, 1.82) is 5.26 Å². The molecule has 0 N–H and O–H groups in total. The van der Waals surface area contributed by atoms with Crippen LogP contribution in [-0.2, 0) is 4.74 Å². The van der Waals surface area contributed by atoms with Crippen LogP contribution >= 0.6 is 11.6 Å². The van der Waals surface area contributed by atoms with Gasteiger partial charge in [0.05, 0.1) is 18.8 Å². The van der Waals surface area contributed by atoms with Gasteiger partial charge in [0, 0.05) is 12.6 Å². The van der Waals surface area contributed by atoms with Crippen molar-refractivity contribution in [3.05, 3.63) is 22.8 Å². The molecule has 78 valence electrons. The Kier molecular flexibility index (Phi) is 3.05. The van der Waals surface area contributed by atoms with Crippen LogP contribution in [0.4, 0.5) is 0 Å². The molecule has 0 radical (unpaired) electrons. The molecule has 0 spiro atoms. The number of hydrogen-bond donors (Lipinski definition) is 0. The quantitative estimate of drug-likeness (QED) is 0.768. The summed E-state index contributed by atoms with van der Waals surface area (Å²) in [5, 5.41) is 9.03. The second kappa shape index (κ2) is 4.47. The first-order valence-corrected chi connectivity index (χ1v) is 4.98. The van der Waals surface area contributed by atoms with E-state index in [-0.39, 0.29) is 11.1 Å². The van der Waals surface area contributed by atoms with Crippen LogP contribution in [0, 0.1) is 11.3 Å². The van der Waals surface area contributed by atoms with Crippen molar-refractivity contribution in [1.82, 2.24) is 4.98 Å². The van der Waals surface area contributed by atoms with Crippen LogP contribution in [0.2, 0.25) is 5.02 Å². The number of aromatic nitrogens is 1. The third-order valence-electron chi connectivity index (χ3n) is 2.14. The van der Waals surface area contributed by atoms with Crippen molar-refractivity contribution in [2.24, 2.45) is 0 Å². The van der Waals surface area contributed by atoms with Gasteiger partial charge in [0.15, 0.2) is 0 Å². The molecule has 2 rings (SSSR count). The van der Waals surface area contributed by atoms with Crippen molar-refractivity contribution in [3.63, 3.8) is 0 Å². The maximum atomic E-state index is 8.76. The molecule has 1 aliphatic heterocycles. The monoisotopic (exact) mass is 224 g/mol. The van der Waals surface area contributed by atoms with Crippen LogP contribution < -0.4 is 4.74 Å². The fraction of sp³-hybridized carbons (Fsp3) is 0.400. The molecule has 0 saturated carbocycles. The Hall–Kier alpha value is -1.31. The first-order valence-electron chi connectivity index (χ1n) is 4.60. The Labute approximate surface area is 92.4 Å². The molecule has 1 fully saturated rings. The van der Waals surface area contributed by atoms with Crippen molar-refractivity contribution in [2.45, 2.75) is 12.5 Å². The molecule has 0 bridgehead atoms. The molecular formula is C10H9ClN2O2. The van der Waals surface area contributed by atoms with Crippen LogP contribution in [0.25, 0.3) is 0 Å². The van der Waals surface area contributed by atoms with Crippen LogP contribution in [0.15, 0.2) is 12.3 Å². The molecule has 4 nitrogen and oxygen atoms in total. The van der Waals surface area contributed by atoms with E-state index in [2.05, 4.69) is 4.98 Å². The van der Waals surface area contributed by atoms with Gasteiger partial charge in [-0.15, -0.1) is 0 Å². The smallest absolute Gasteiger partial charge is 0.234 e. The molecule has 1 atom stereocenters. The maximum absolute atomic E-state index is 8.76. The standard InChI is InChI=1S/C10H9ClN2O2/c11-9-7(5-12)1-3-13-10(9)15-8-2-4-14-6-8/h1,3,8H,2,4,6H2. The lowest BCUT2D eigenvalue weighted by atomic mass is 10.3. The van der Waals surface area contributed by atoms with E-state index in [1.165, 1.54) is 6.20 Å². The molecule has 5 heteroatoms. The molecular weight excluding hydrogens is 216 g/mol. The number of nitrogens with zero attached hydrogens (tertiary/aromatic N) is 2. The zero-order valence-electron chi connectivity index (χ0n) is 7.94. The zero-order chi connectivity index (χ0) is 10.7. The number of rotatable bonds is 2. The van der Waals surface area contributed by atoms with Crippen LogP contribution in [-0.4, -0.2) is 24.3 Å². The summed E-state index contributed by atoms with van der Waals surface area (Å²) < 4.78 is 10.7. The Bertz CT molecular complexity index is 397. The van der Waals surface area contributed by atoms with Gasteiger partial charge >= 0.3 is 0 Å². The lowest BCUT2D eigenvalue weighted by Crippen LogP contribution is -2.16. The largest absolute Gasteiger partial charge is 0.471 e. The number of halogens is 1. The highest BCUT2D eigenvalue weighted by Gasteiger charge is 2.19. The highest BCUT2D eigenvalue weighted by molar-refractivity contribution is 6.32. The fourth-order valence-corrected chi connectivity index (χ4v) is 1.56. The summed E-state index contributed by atoms with van der Waals surface area (Å²) in [6, 6.07) is 3.53. The van der Waals surface area contributed by atoms with E-state index in [9.17, 15) is 0 Å². The van der Waals surface area contributed by atoms with Crippen LogP contribution in [0.1, 0.15) is 12.0 Å². The third kappa shape index (κ3) is 2.20. The molecule has 0 aromatic carbocycles. The Balaban J connectivity index is 2.17. The first-order chi connectivity index (χ1) is 7.31. The van der Waals surface area contributed by atoms with E-state index >= 15 is 0 Å². The van der Waals surface area contributed by atoms with E-state index in [0.717, 1.165) is 6.42 Å². The average molecular weight is 225 g/mol. The Morgan fingerprint density at radius 2 is 2.53 bits per heavy atom. The lowest BCUT2D eigenvalue weighted by molar-refractivity contribution is 0.138. The van der Waals surface area contributed by atoms with Gasteiger partial charge in [0.1, 0.15) is 17.2 Å². The highest BCUT2D eigenvalue weighted by atomic mass is 35.5. The summed E-state index contributed by atoms with van der Waals surface area (Å²) in [6.45, 7) is 1.25. The molecule has 0 amide bonds.